The Morgan fingerprint density at radius 1 is 1.23 bits per heavy atom. The zero-order chi connectivity index (χ0) is 28.0. The second-order valence-corrected chi connectivity index (χ2v) is 11.6. The Kier molecular flexibility index (Phi) is 10.0. The van der Waals surface area contributed by atoms with E-state index in [9.17, 15) is 23.8 Å². The molecule has 0 bridgehead atoms. The van der Waals surface area contributed by atoms with E-state index < -0.39 is 29.1 Å². The van der Waals surface area contributed by atoms with Crippen molar-refractivity contribution < 1.29 is 28.5 Å². The van der Waals surface area contributed by atoms with Gasteiger partial charge in [-0.25, -0.2) is 8.78 Å². The number of aliphatic carboxylic acids is 1. The van der Waals surface area contributed by atoms with Crippen molar-refractivity contribution >= 4 is 40.2 Å². The number of benzene rings is 2. The normalized spacial score (nSPS) is 16.3. The number of ether oxygens (including phenoxy) is 1. The first kappa shape index (κ1) is 29.5. The number of methoxy groups -OCH3 is 1. The molecule has 1 aromatic heterocycles. The molecule has 0 amide bonds. The smallest absolute Gasteiger partial charge is 0.303 e. The lowest BCUT2D eigenvalue weighted by Gasteiger charge is -2.41. The largest absolute Gasteiger partial charge is 0.497 e. The van der Waals surface area contributed by atoms with E-state index in [0.29, 0.717) is 58.7 Å². The molecule has 2 aromatic carbocycles. The zero-order valence-electron chi connectivity index (χ0n) is 21.8. The number of nitrogens with zero attached hydrogens (tertiary/aromatic N) is 2. The Morgan fingerprint density at radius 2 is 1.95 bits per heavy atom. The van der Waals surface area contributed by atoms with Crippen molar-refractivity contribution in [2.75, 3.05) is 32.5 Å². The van der Waals surface area contributed by atoms with Gasteiger partial charge >= 0.3 is 5.97 Å². The van der Waals surface area contributed by atoms with Crippen LogP contribution in [0.3, 0.4) is 0 Å². The average molecular weight is 579 g/mol. The first-order chi connectivity index (χ1) is 18.7. The second kappa shape index (κ2) is 13.3. The standard InChI is InChI=1S/C29H33ClF2N2O4S/c1-38-19-6-7-24-20(16-19)27(21(30)18-33-24)25(35)8-9-29(17-26(36)37)10-13-34(14-11-29)12-3-15-39-28-22(31)4-2-5-23(28)32/h2,4-7,16,18,25,35H,3,8-15,17H2,1H3,(H,36,37)/t25-/m1/s1. The molecule has 2 heterocycles. The highest BCUT2D eigenvalue weighted by atomic mass is 35.5. The van der Waals surface area contributed by atoms with Gasteiger partial charge in [0.25, 0.3) is 0 Å². The van der Waals surface area contributed by atoms with Crippen molar-refractivity contribution in [3.63, 3.8) is 0 Å². The molecule has 10 heteroatoms. The maximum Gasteiger partial charge on any atom is 0.303 e. The van der Waals surface area contributed by atoms with Gasteiger partial charge in [0.1, 0.15) is 17.4 Å². The van der Waals surface area contributed by atoms with Crippen molar-refractivity contribution in [2.45, 2.75) is 49.5 Å². The SMILES string of the molecule is COc1ccc2ncc(Cl)c([C@H](O)CCC3(CC(=O)O)CCN(CCCSc4c(F)cccc4F)CC3)c2c1. The third-order valence-corrected chi connectivity index (χ3v) is 9.05. The van der Waals surface area contributed by atoms with Gasteiger partial charge in [0, 0.05) is 17.1 Å². The lowest BCUT2D eigenvalue weighted by Crippen LogP contribution is -2.41. The number of hydrogen-bond donors (Lipinski definition) is 2. The van der Waals surface area contributed by atoms with Crippen LogP contribution in [0.4, 0.5) is 8.78 Å². The van der Waals surface area contributed by atoms with Crippen LogP contribution >= 0.6 is 23.4 Å². The van der Waals surface area contributed by atoms with Crippen LogP contribution in [-0.4, -0.2) is 58.6 Å². The molecule has 0 saturated carbocycles. The number of thioether (sulfide) groups is 1. The number of rotatable bonds is 12. The zero-order valence-corrected chi connectivity index (χ0v) is 23.4. The molecule has 1 fully saturated rings. The third kappa shape index (κ3) is 7.39. The molecular formula is C29H33ClF2N2O4S. The summed E-state index contributed by atoms with van der Waals surface area (Å²) in [6, 6.07) is 9.29. The molecule has 4 rings (SSSR count). The number of carboxylic acids is 1. The number of carbonyl (C=O) groups is 1. The average Bonchev–Trinajstić information content (AvgIpc) is 2.91. The van der Waals surface area contributed by atoms with Crippen LogP contribution in [-0.2, 0) is 4.79 Å². The number of hydrogen-bond acceptors (Lipinski definition) is 6. The van der Waals surface area contributed by atoms with Gasteiger partial charge < -0.3 is 19.8 Å². The number of likely N-dealkylation sites (tertiary alicyclic amines) is 1. The molecule has 1 aliphatic heterocycles. The fraction of sp³-hybridized carbons (Fsp3) is 0.448. The highest BCUT2D eigenvalue weighted by Gasteiger charge is 2.37. The van der Waals surface area contributed by atoms with Gasteiger partial charge in [-0.05, 0) is 93.2 Å². The minimum absolute atomic E-state index is 0.0363. The lowest BCUT2D eigenvalue weighted by molar-refractivity contribution is -0.141. The minimum atomic E-state index is -0.880. The summed E-state index contributed by atoms with van der Waals surface area (Å²) >= 11 is 7.64. The summed E-state index contributed by atoms with van der Waals surface area (Å²) in [5.74, 6) is -0.713. The molecule has 1 aliphatic rings. The molecular weight excluding hydrogens is 546 g/mol. The summed E-state index contributed by atoms with van der Waals surface area (Å²) in [6.07, 6.45) is 3.75. The van der Waals surface area contributed by atoms with E-state index in [1.165, 1.54) is 36.2 Å². The first-order valence-corrected chi connectivity index (χ1v) is 14.4. The maximum absolute atomic E-state index is 13.8. The summed E-state index contributed by atoms with van der Waals surface area (Å²) in [5, 5.41) is 21.9. The molecule has 1 atom stereocenters. The number of halogens is 3. The van der Waals surface area contributed by atoms with Crippen LogP contribution < -0.4 is 4.74 Å². The second-order valence-electron chi connectivity index (χ2n) is 10.1. The number of carboxylic acid groups (broad SMARTS) is 1. The fourth-order valence-electron chi connectivity index (χ4n) is 5.39. The van der Waals surface area contributed by atoms with Gasteiger partial charge in [0.05, 0.1) is 35.1 Å². The number of aliphatic hydroxyl groups excluding tert-OH is 1. The van der Waals surface area contributed by atoms with E-state index in [0.717, 1.165) is 26.1 Å². The van der Waals surface area contributed by atoms with E-state index in [1.54, 1.807) is 19.2 Å². The van der Waals surface area contributed by atoms with E-state index in [4.69, 9.17) is 16.3 Å². The monoisotopic (exact) mass is 578 g/mol. The van der Waals surface area contributed by atoms with Gasteiger partial charge in [0.2, 0.25) is 0 Å². The van der Waals surface area contributed by atoms with Gasteiger partial charge in [-0.1, -0.05) is 17.7 Å². The fourth-order valence-corrected chi connectivity index (χ4v) is 6.56. The molecule has 0 radical (unpaired) electrons. The molecule has 1 saturated heterocycles. The highest BCUT2D eigenvalue weighted by Crippen LogP contribution is 2.43. The molecule has 0 unspecified atom stereocenters. The quantitative estimate of drug-likeness (QED) is 0.182. The number of pyridine rings is 1. The van der Waals surface area contributed by atoms with E-state index in [-0.39, 0.29) is 11.3 Å². The predicted molar refractivity (Wildman–Crippen MR) is 150 cm³/mol. The third-order valence-electron chi connectivity index (χ3n) is 7.58. The summed E-state index contributed by atoms with van der Waals surface area (Å²) in [4.78, 5) is 18.5. The molecule has 0 spiro atoms. The number of piperidine rings is 1. The van der Waals surface area contributed by atoms with Crippen LogP contribution in [0.25, 0.3) is 10.9 Å². The number of aliphatic hydroxyl groups is 1. The predicted octanol–water partition coefficient (Wildman–Crippen LogP) is 6.73. The Bertz CT molecular complexity index is 1280. The molecule has 2 N–H and O–H groups in total. The van der Waals surface area contributed by atoms with Gasteiger partial charge in [-0.2, -0.15) is 0 Å². The van der Waals surface area contributed by atoms with Gasteiger partial charge in [0.15, 0.2) is 0 Å². The van der Waals surface area contributed by atoms with E-state index in [2.05, 4.69) is 9.88 Å². The van der Waals surface area contributed by atoms with E-state index in [1.807, 2.05) is 6.07 Å². The van der Waals surface area contributed by atoms with Crippen LogP contribution in [0.5, 0.6) is 5.75 Å². The maximum atomic E-state index is 13.8. The van der Waals surface area contributed by atoms with Gasteiger partial charge in [-0.15, -0.1) is 11.8 Å². The Morgan fingerprint density at radius 3 is 2.62 bits per heavy atom. The molecule has 6 nitrogen and oxygen atoms in total. The Balaban J connectivity index is 1.35. The highest BCUT2D eigenvalue weighted by molar-refractivity contribution is 7.99. The van der Waals surface area contributed by atoms with Crippen molar-refractivity contribution in [3.8, 4) is 5.75 Å². The summed E-state index contributed by atoms with van der Waals surface area (Å²) in [7, 11) is 1.57. The summed E-state index contributed by atoms with van der Waals surface area (Å²) < 4.78 is 33.0. The van der Waals surface area contributed by atoms with E-state index >= 15 is 0 Å². The van der Waals surface area contributed by atoms with Crippen molar-refractivity contribution in [2.24, 2.45) is 5.41 Å². The summed E-state index contributed by atoms with van der Waals surface area (Å²) in [6.45, 7) is 2.24. The molecule has 0 aliphatic carbocycles. The van der Waals surface area contributed by atoms with Crippen molar-refractivity contribution in [1.29, 1.82) is 0 Å². The Labute approximate surface area is 236 Å². The van der Waals surface area contributed by atoms with Crippen molar-refractivity contribution in [3.05, 3.63) is 64.8 Å². The topological polar surface area (TPSA) is 82.9 Å². The molecule has 39 heavy (non-hydrogen) atoms. The minimum Gasteiger partial charge on any atom is -0.497 e. The van der Waals surface area contributed by atoms with Crippen molar-refractivity contribution in [1.82, 2.24) is 9.88 Å². The van der Waals surface area contributed by atoms with Crippen LogP contribution in [0, 0.1) is 17.0 Å². The number of aromatic nitrogens is 1. The van der Waals surface area contributed by atoms with Crippen LogP contribution in [0.15, 0.2) is 47.5 Å². The summed E-state index contributed by atoms with van der Waals surface area (Å²) in [5.41, 5.74) is 0.840. The lowest BCUT2D eigenvalue weighted by atomic mass is 9.71. The molecule has 210 valence electrons. The number of fused-ring (bicyclic) bond motifs is 1. The van der Waals surface area contributed by atoms with Crippen LogP contribution in [0.2, 0.25) is 5.02 Å². The first-order valence-electron chi connectivity index (χ1n) is 13.0. The molecule has 3 aromatic rings. The van der Waals surface area contributed by atoms with Crippen LogP contribution in [0.1, 0.15) is 50.2 Å². The Hall–Kier alpha value is -2.46. The van der Waals surface area contributed by atoms with Gasteiger partial charge in [-0.3, -0.25) is 9.78 Å².